The molecule has 0 saturated heterocycles. The van der Waals surface area contributed by atoms with Gasteiger partial charge in [0.2, 0.25) is 0 Å². The van der Waals surface area contributed by atoms with E-state index in [9.17, 15) is 4.79 Å². The largest absolute Gasteiger partial charge is 0.493 e. The van der Waals surface area contributed by atoms with Crippen LogP contribution in [-0.4, -0.2) is 23.3 Å². The molecule has 0 spiro atoms. The first-order valence-corrected chi connectivity index (χ1v) is 10.4. The van der Waals surface area contributed by atoms with Gasteiger partial charge in [0.1, 0.15) is 0 Å². The summed E-state index contributed by atoms with van der Waals surface area (Å²) in [5.74, 6) is 1.94. The molecule has 0 aliphatic heterocycles. The second-order valence-electron chi connectivity index (χ2n) is 7.87. The second-order valence-corrected chi connectivity index (χ2v) is 8.83. The van der Waals surface area contributed by atoms with Crippen molar-refractivity contribution < 1.29 is 9.47 Å². The molecule has 6 heteroatoms. The van der Waals surface area contributed by atoms with Crippen LogP contribution in [0.15, 0.2) is 70.7 Å². The summed E-state index contributed by atoms with van der Waals surface area (Å²) in [4.78, 5) is 17.2. The Morgan fingerprint density at radius 3 is 2.52 bits per heavy atom. The van der Waals surface area contributed by atoms with Crippen LogP contribution in [0.5, 0.6) is 11.5 Å². The van der Waals surface area contributed by atoms with Gasteiger partial charge in [0.25, 0.3) is 5.56 Å². The Balaban J connectivity index is 1.84. The van der Waals surface area contributed by atoms with Gasteiger partial charge in [0.05, 0.1) is 19.4 Å². The number of nitrogens with zero attached hydrogens (tertiary/aromatic N) is 2. The van der Waals surface area contributed by atoms with Crippen molar-refractivity contribution in [1.29, 1.82) is 0 Å². The van der Waals surface area contributed by atoms with Crippen LogP contribution >= 0.6 is 11.8 Å². The van der Waals surface area contributed by atoms with E-state index in [4.69, 9.17) is 9.47 Å². The molecule has 3 aromatic rings. The zero-order chi connectivity index (χ0) is 20.9. The van der Waals surface area contributed by atoms with Gasteiger partial charge in [-0.3, -0.25) is 9.36 Å². The van der Waals surface area contributed by atoms with E-state index in [2.05, 4.69) is 25.8 Å². The van der Waals surface area contributed by atoms with E-state index >= 15 is 0 Å². The van der Waals surface area contributed by atoms with Crippen LogP contribution in [0.25, 0.3) is 5.69 Å². The Labute approximate surface area is 175 Å². The average molecular weight is 411 g/mol. The predicted octanol–water partition coefficient (Wildman–Crippen LogP) is 4.96. The molecule has 0 fully saturated rings. The van der Waals surface area contributed by atoms with E-state index in [1.165, 1.54) is 11.8 Å². The van der Waals surface area contributed by atoms with Crippen molar-refractivity contribution in [2.24, 2.45) is 5.41 Å². The summed E-state index contributed by atoms with van der Waals surface area (Å²) in [7, 11) is 1.60. The summed E-state index contributed by atoms with van der Waals surface area (Å²) in [6.45, 7) is 6.90. The van der Waals surface area contributed by atoms with Crippen molar-refractivity contribution in [3.05, 3.63) is 76.8 Å². The fourth-order valence-corrected chi connectivity index (χ4v) is 3.49. The number of rotatable bonds is 7. The molecular formula is C23H26N2O3S. The molecular weight excluding hydrogens is 384 g/mol. The molecule has 1 aromatic heterocycles. The van der Waals surface area contributed by atoms with Crippen LogP contribution in [0.3, 0.4) is 0 Å². The number of thioether (sulfide) groups is 1. The molecule has 0 amide bonds. The van der Waals surface area contributed by atoms with Crippen molar-refractivity contribution in [3.8, 4) is 17.2 Å². The van der Waals surface area contributed by atoms with Gasteiger partial charge >= 0.3 is 0 Å². The Morgan fingerprint density at radius 2 is 1.83 bits per heavy atom. The van der Waals surface area contributed by atoms with Crippen LogP contribution in [0.1, 0.15) is 26.3 Å². The summed E-state index contributed by atoms with van der Waals surface area (Å²) in [6.07, 6.45) is 3.31. The lowest BCUT2D eigenvalue weighted by molar-refractivity contribution is 0.191. The highest BCUT2D eigenvalue weighted by atomic mass is 32.2. The van der Waals surface area contributed by atoms with Crippen LogP contribution in [-0.2, 0) is 5.75 Å². The zero-order valence-electron chi connectivity index (χ0n) is 17.2. The van der Waals surface area contributed by atoms with Crippen molar-refractivity contribution in [2.75, 3.05) is 13.7 Å². The van der Waals surface area contributed by atoms with E-state index < -0.39 is 0 Å². The number of ether oxygens (including phenoxy) is 2. The second kappa shape index (κ2) is 9.18. The van der Waals surface area contributed by atoms with Gasteiger partial charge in [0, 0.05) is 24.2 Å². The molecule has 0 atom stereocenters. The minimum absolute atomic E-state index is 0.0383. The molecule has 1 heterocycles. The molecule has 3 rings (SSSR count). The van der Waals surface area contributed by atoms with E-state index in [0.29, 0.717) is 34.6 Å². The predicted molar refractivity (Wildman–Crippen MR) is 117 cm³/mol. The molecule has 0 N–H and O–H groups in total. The maximum absolute atomic E-state index is 12.9. The van der Waals surface area contributed by atoms with Crippen molar-refractivity contribution in [2.45, 2.75) is 31.6 Å². The summed E-state index contributed by atoms with van der Waals surface area (Å²) in [5, 5.41) is 0.461. The van der Waals surface area contributed by atoms with Gasteiger partial charge in [0.15, 0.2) is 16.5 Å². The number of aromatic nitrogens is 2. The van der Waals surface area contributed by atoms with Gasteiger partial charge in [-0.15, -0.1) is 0 Å². The molecule has 0 bridgehead atoms. The Bertz CT molecular complexity index is 1010. The van der Waals surface area contributed by atoms with Crippen LogP contribution in [0.2, 0.25) is 0 Å². The van der Waals surface area contributed by atoms with E-state index in [-0.39, 0.29) is 11.0 Å². The third-order valence-electron chi connectivity index (χ3n) is 4.11. The summed E-state index contributed by atoms with van der Waals surface area (Å²) >= 11 is 1.43. The standard InChI is InChI=1S/C23H26N2O3S/c1-23(2,3)16-28-19-11-10-18(14-20(19)27-4)25-13-12-24-21(22(25)26)29-15-17-8-6-5-7-9-17/h5-14H,15-16H2,1-4H3. The van der Waals surface area contributed by atoms with Gasteiger partial charge in [-0.05, 0) is 23.1 Å². The first-order chi connectivity index (χ1) is 13.9. The maximum atomic E-state index is 12.9. The Kier molecular flexibility index (Phi) is 6.64. The molecule has 2 aromatic carbocycles. The summed E-state index contributed by atoms with van der Waals surface area (Å²) in [5.41, 5.74) is 1.74. The minimum Gasteiger partial charge on any atom is -0.493 e. The van der Waals surface area contributed by atoms with Crippen LogP contribution in [0, 0.1) is 5.41 Å². The molecule has 29 heavy (non-hydrogen) atoms. The lowest BCUT2D eigenvalue weighted by Gasteiger charge is -2.20. The monoisotopic (exact) mass is 410 g/mol. The summed E-state index contributed by atoms with van der Waals surface area (Å²) in [6, 6.07) is 15.5. The van der Waals surface area contributed by atoms with E-state index in [1.54, 1.807) is 24.1 Å². The van der Waals surface area contributed by atoms with Gasteiger partial charge in [-0.1, -0.05) is 62.9 Å². The van der Waals surface area contributed by atoms with E-state index in [1.807, 2.05) is 48.5 Å². The fraction of sp³-hybridized carbons (Fsp3) is 0.304. The van der Waals surface area contributed by atoms with Gasteiger partial charge in [-0.25, -0.2) is 4.98 Å². The number of benzene rings is 2. The Hall–Kier alpha value is -2.73. The highest BCUT2D eigenvalue weighted by molar-refractivity contribution is 7.98. The smallest absolute Gasteiger partial charge is 0.287 e. The molecule has 152 valence electrons. The zero-order valence-corrected chi connectivity index (χ0v) is 18.0. The lowest BCUT2D eigenvalue weighted by atomic mass is 9.99. The first kappa shape index (κ1) is 21.0. The van der Waals surface area contributed by atoms with Gasteiger partial charge < -0.3 is 9.47 Å². The normalized spacial score (nSPS) is 11.3. The van der Waals surface area contributed by atoms with Crippen LogP contribution < -0.4 is 15.0 Å². The number of hydrogen-bond donors (Lipinski definition) is 0. The molecule has 5 nitrogen and oxygen atoms in total. The van der Waals surface area contributed by atoms with Gasteiger partial charge in [-0.2, -0.15) is 0 Å². The maximum Gasteiger partial charge on any atom is 0.287 e. The Morgan fingerprint density at radius 1 is 1.07 bits per heavy atom. The van der Waals surface area contributed by atoms with Crippen molar-refractivity contribution in [3.63, 3.8) is 0 Å². The first-order valence-electron chi connectivity index (χ1n) is 9.43. The highest BCUT2D eigenvalue weighted by Gasteiger charge is 2.15. The molecule has 0 saturated carbocycles. The van der Waals surface area contributed by atoms with E-state index in [0.717, 1.165) is 5.56 Å². The fourth-order valence-electron chi connectivity index (χ4n) is 2.64. The number of methoxy groups -OCH3 is 1. The highest BCUT2D eigenvalue weighted by Crippen LogP contribution is 2.31. The third-order valence-corrected chi connectivity index (χ3v) is 5.14. The molecule has 0 aliphatic rings. The third kappa shape index (κ3) is 5.64. The van der Waals surface area contributed by atoms with Crippen molar-refractivity contribution >= 4 is 11.8 Å². The molecule has 0 aliphatic carbocycles. The lowest BCUT2D eigenvalue weighted by Crippen LogP contribution is -2.20. The van der Waals surface area contributed by atoms with Crippen molar-refractivity contribution in [1.82, 2.24) is 9.55 Å². The minimum atomic E-state index is -0.154. The van der Waals surface area contributed by atoms with Crippen LogP contribution in [0.4, 0.5) is 0 Å². The quantitative estimate of drug-likeness (QED) is 0.516. The average Bonchev–Trinajstić information content (AvgIpc) is 2.71. The number of hydrogen-bond acceptors (Lipinski definition) is 5. The molecule has 0 radical (unpaired) electrons. The molecule has 0 unspecified atom stereocenters. The summed E-state index contributed by atoms with van der Waals surface area (Å²) < 4.78 is 13.0. The topological polar surface area (TPSA) is 53.4 Å². The SMILES string of the molecule is COc1cc(-n2ccnc(SCc3ccccc3)c2=O)ccc1OCC(C)(C)C.